The molecule has 0 unspecified atom stereocenters. The lowest BCUT2D eigenvalue weighted by molar-refractivity contribution is -0.140. The van der Waals surface area contributed by atoms with Gasteiger partial charge in [0.2, 0.25) is 0 Å². The van der Waals surface area contributed by atoms with Gasteiger partial charge in [0.15, 0.2) is 17.3 Å². The molecule has 0 spiro atoms. The largest absolute Gasteiger partial charge is 0.434 e. The minimum Gasteiger partial charge on any atom is -0.392 e. The molecule has 2 heterocycles. The Balaban J connectivity index is 2.05. The Morgan fingerprint density at radius 2 is 2.05 bits per heavy atom. The molecule has 1 N–H and O–H groups in total. The zero-order valence-electron chi connectivity index (χ0n) is 11.4. The van der Waals surface area contributed by atoms with E-state index >= 15 is 0 Å². The first kappa shape index (κ1) is 15.0. The summed E-state index contributed by atoms with van der Waals surface area (Å²) in [5.41, 5.74) is -1.05. The van der Waals surface area contributed by atoms with E-state index in [-0.39, 0.29) is 17.1 Å². The molecule has 1 fully saturated rings. The van der Waals surface area contributed by atoms with Crippen molar-refractivity contribution in [1.82, 2.24) is 14.5 Å². The van der Waals surface area contributed by atoms with Crippen molar-refractivity contribution >= 4 is 0 Å². The predicted octanol–water partition coefficient (Wildman–Crippen LogP) is 3.01. The molecule has 3 rings (SSSR count). The van der Waals surface area contributed by atoms with Crippen molar-refractivity contribution < 1.29 is 22.7 Å². The van der Waals surface area contributed by atoms with Gasteiger partial charge in [-0.1, -0.05) is 0 Å². The second-order valence-electron chi connectivity index (χ2n) is 5.38. The van der Waals surface area contributed by atoms with E-state index in [1.165, 1.54) is 10.8 Å². The van der Waals surface area contributed by atoms with E-state index in [1.807, 2.05) is 0 Å². The molecule has 2 aromatic rings. The summed E-state index contributed by atoms with van der Waals surface area (Å²) in [7, 11) is 0. The number of imidazole rings is 1. The number of aliphatic hydroxyl groups is 1. The van der Waals surface area contributed by atoms with Gasteiger partial charge in [-0.15, -0.1) is 0 Å². The standard InChI is InChI=1S/C14H13F4N3O/c15-10-3-9(7-22)4-19-12(10)13-20-11(14(16,17)18)6-21(13)5-8-1-2-8/h3-4,6,8,22H,1-2,5,7H2. The second-order valence-corrected chi connectivity index (χ2v) is 5.38. The smallest absolute Gasteiger partial charge is 0.392 e. The summed E-state index contributed by atoms with van der Waals surface area (Å²) in [6, 6.07) is 1.05. The predicted molar refractivity (Wildman–Crippen MR) is 69.1 cm³/mol. The lowest BCUT2D eigenvalue weighted by atomic mass is 10.2. The van der Waals surface area contributed by atoms with Crippen molar-refractivity contribution in [2.75, 3.05) is 0 Å². The van der Waals surface area contributed by atoms with Crippen LogP contribution in [0.4, 0.5) is 17.6 Å². The van der Waals surface area contributed by atoms with Crippen molar-refractivity contribution in [2.24, 2.45) is 5.92 Å². The number of aliphatic hydroxyl groups excluding tert-OH is 1. The van der Waals surface area contributed by atoms with E-state index in [9.17, 15) is 17.6 Å². The first-order valence-electron chi connectivity index (χ1n) is 6.78. The zero-order valence-corrected chi connectivity index (χ0v) is 11.4. The van der Waals surface area contributed by atoms with Crippen LogP contribution in [0.25, 0.3) is 11.5 Å². The Bertz CT molecular complexity index is 692. The molecule has 0 saturated heterocycles. The van der Waals surface area contributed by atoms with Crippen molar-refractivity contribution in [3.05, 3.63) is 35.5 Å². The SMILES string of the molecule is OCc1cnc(-c2nc(C(F)(F)F)cn2CC2CC2)c(F)c1. The number of halogens is 4. The second kappa shape index (κ2) is 5.35. The third kappa shape index (κ3) is 2.96. The highest BCUT2D eigenvalue weighted by atomic mass is 19.4. The van der Waals surface area contributed by atoms with E-state index < -0.39 is 24.3 Å². The molecule has 0 radical (unpaired) electrons. The number of alkyl halides is 3. The average Bonchev–Trinajstić information content (AvgIpc) is 3.15. The van der Waals surface area contributed by atoms with E-state index in [0.29, 0.717) is 12.5 Å². The van der Waals surface area contributed by atoms with Gasteiger partial charge in [-0.2, -0.15) is 13.2 Å². The highest BCUT2D eigenvalue weighted by Crippen LogP contribution is 2.35. The van der Waals surface area contributed by atoms with Crippen LogP contribution in [0.15, 0.2) is 18.5 Å². The molecule has 0 atom stereocenters. The molecule has 1 aliphatic carbocycles. The minimum atomic E-state index is -4.59. The van der Waals surface area contributed by atoms with Crippen LogP contribution in [0, 0.1) is 11.7 Å². The van der Waals surface area contributed by atoms with Crippen LogP contribution in [0.3, 0.4) is 0 Å². The third-order valence-electron chi connectivity index (χ3n) is 3.51. The zero-order chi connectivity index (χ0) is 15.9. The molecule has 0 bridgehead atoms. The summed E-state index contributed by atoms with van der Waals surface area (Å²) >= 11 is 0. The quantitative estimate of drug-likeness (QED) is 0.883. The van der Waals surface area contributed by atoms with Gasteiger partial charge in [0, 0.05) is 18.9 Å². The van der Waals surface area contributed by atoms with Gasteiger partial charge in [-0.05, 0) is 30.4 Å². The molecule has 4 nitrogen and oxygen atoms in total. The maximum Gasteiger partial charge on any atom is 0.434 e. The van der Waals surface area contributed by atoms with Crippen LogP contribution in [0.1, 0.15) is 24.1 Å². The minimum absolute atomic E-state index is 0.138. The highest BCUT2D eigenvalue weighted by Gasteiger charge is 2.36. The van der Waals surface area contributed by atoms with E-state index in [4.69, 9.17) is 5.11 Å². The highest BCUT2D eigenvalue weighted by molar-refractivity contribution is 5.52. The number of pyridine rings is 1. The topological polar surface area (TPSA) is 50.9 Å². The lowest BCUT2D eigenvalue weighted by Crippen LogP contribution is -2.05. The van der Waals surface area contributed by atoms with Crippen molar-refractivity contribution in [1.29, 1.82) is 0 Å². The number of aromatic nitrogens is 3. The lowest BCUT2D eigenvalue weighted by Gasteiger charge is -2.07. The monoisotopic (exact) mass is 315 g/mol. The molecular formula is C14H13F4N3O. The average molecular weight is 315 g/mol. The molecule has 0 amide bonds. The third-order valence-corrected chi connectivity index (χ3v) is 3.51. The van der Waals surface area contributed by atoms with Crippen molar-refractivity contribution in [3.8, 4) is 11.5 Å². The molecule has 1 aliphatic rings. The maximum absolute atomic E-state index is 14.1. The number of rotatable bonds is 4. The van der Waals surface area contributed by atoms with Gasteiger partial charge in [-0.3, -0.25) is 0 Å². The summed E-state index contributed by atoms with van der Waals surface area (Å²) in [4.78, 5) is 7.34. The molecule has 118 valence electrons. The van der Waals surface area contributed by atoms with Crippen LogP contribution in [-0.4, -0.2) is 19.6 Å². The van der Waals surface area contributed by atoms with Crippen LogP contribution in [0.5, 0.6) is 0 Å². The number of hydrogen-bond acceptors (Lipinski definition) is 3. The Morgan fingerprint density at radius 1 is 1.32 bits per heavy atom. The van der Waals surface area contributed by atoms with Crippen LogP contribution < -0.4 is 0 Å². The molecule has 1 saturated carbocycles. The van der Waals surface area contributed by atoms with Gasteiger partial charge in [0.1, 0.15) is 5.69 Å². The fraction of sp³-hybridized carbons (Fsp3) is 0.429. The van der Waals surface area contributed by atoms with Gasteiger partial charge in [-0.25, -0.2) is 14.4 Å². The summed E-state index contributed by atoms with van der Waals surface area (Å²) < 4.78 is 53.9. The Kier molecular flexibility index (Phi) is 3.64. The Morgan fingerprint density at radius 3 is 2.59 bits per heavy atom. The Hall–Kier alpha value is -1.96. The molecule has 0 aliphatic heterocycles. The summed E-state index contributed by atoms with van der Waals surface area (Å²) in [6.45, 7) is -0.0319. The fourth-order valence-corrected chi connectivity index (χ4v) is 2.19. The van der Waals surface area contributed by atoms with Gasteiger partial charge in [0.25, 0.3) is 0 Å². The normalized spacial score (nSPS) is 15.3. The number of nitrogens with zero attached hydrogens (tertiary/aromatic N) is 3. The van der Waals surface area contributed by atoms with Crippen molar-refractivity contribution in [2.45, 2.75) is 32.2 Å². The van der Waals surface area contributed by atoms with E-state index in [2.05, 4.69) is 9.97 Å². The fourth-order valence-electron chi connectivity index (χ4n) is 2.19. The molecule has 0 aromatic carbocycles. The van der Waals surface area contributed by atoms with Gasteiger partial charge < -0.3 is 9.67 Å². The molecule has 2 aromatic heterocycles. The summed E-state index contributed by atoms with van der Waals surface area (Å²) in [6.07, 6.45) is -0.585. The molecular weight excluding hydrogens is 302 g/mol. The van der Waals surface area contributed by atoms with E-state index in [0.717, 1.165) is 25.1 Å². The Labute approximate surface area is 123 Å². The van der Waals surface area contributed by atoms with E-state index in [1.54, 1.807) is 0 Å². The molecule has 22 heavy (non-hydrogen) atoms. The van der Waals surface area contributed by atoms with Crippen LogP contribution >= 0.6 is 0 Å². The van der Waals surface area contributed by atoms with Crippen molar-refractivity contribution in [3.63, 3.8) is 0 Å². The van der Waals surface area contributed by atoms with Crippen LogP contribution in [0.2, 0.25) is 0 Å². The summed E-state index contributed by atoms with van der Waals surface area (Å²) in [5.74, 6) is -0.641. The number of hydrogen-bond donors (Lipinski definition) is 1. The summed E-state index contributed by atoms with van der Waals surface area (Å²) in [5, 5.41) is 8.94. The molecule has 8 heteroatoms. The van der Waals surface area contributed by atoms with Gasteiger partial charge >= 0.3 is 6.18 Å². The first-order valence-corrected chi connectivity index (χ1v) is 6.78. The van der Waals surface area contributed by atoms with Gasteiger partial charge in [0.05, 0.1) is 6.61 Å². The maximum atomic E-state index is 14.1. The van der Waals surface area contributed by atoms with Crippen LogP contribution in [-0.2, 0) is 19.3 Å². The first-order chi connectivity index (χ1) is 10.4.